The Morgan fingerprint density at radius 1 is 1.04 bits per heavy atom. The topological polar surface area (TPSA) is 70.2 Å². The molecular formula is C20H19Cl2N3O2. The van der Waals surface area contributed by atoms with Crippen molar-refractivity contribution in [1.82, 2.24) is 10.6 Å². The Balaban J connectivity index is 2.04. The molecule has 0 aromatic heterocycles. The summed E-state index contributed by atoms with van der Waals surface area (Å²) in [4.78, 5) is 25.1. The summed E-state index contributed by atoms with van der Waals surface area (Å²) in [5.41, 5.74) is 4.04. The molecular weight excluding hydrogens is 385 g/mol. The van der Waals surface area contributed by atoms with E-state index in [1.165, 1.54) is 0 Å². The number of carbonyl (C=O) groups is 2. The molecule has 2 aromatic carbocycles. The van der Waals surface area contributed by atoms with Crippen LogP contribution in [0.2, 0.25) is 10.0 Å². The van der Waals surface area contributed by atoms with E-state index in [1.54, 1.807) is 25.1 Å². The van der Waals surface area contributed by atoms with Gasteiger partial charge in [-0.1, -0.05) is 41.4 Å². The molecule has 0 fully saturated rings. The number of urea groups is 1. The molecule has 0 radical (unpaired) electrons. The zero-order valence-electron chi connectivity index (χ0n) is 15.1. The number of carbonyl (C=O) groups excluding carboxylic acids is 2. The van der Waals surface area contributed by atoms with Crippen LogP contribution in [-0.4, -0.2) is 11.9 Å². The lowest BCUT2D eigenvalue weighted by Crippen LogP contribution is -2.46. The number of amides is 3. The summed E-state index contributed by atoms with van der Waals surface area (Å²) in [6, 6.07) is 9.57. The zero-order valence-corrected chi connectivity index (χ0v) is 16.6. The van der Waals surface area contributed by atoms with E-state index in [9.17, 15) is 9.59 Å². The normalized spacial score (nSPS) is 16.6. The molecule has 3 amide bonds. The van der Waals surface area contributed by atoms with E-state index in [2.05, 4.69) is 16.0 Å². The number of halogens is 2. The van der Waals surface area contributed by atoms with Crippen molar-refractivity contribution < 1.29 is 9.59 Å². The van der Waals surface area contributed by atoms with Crippen LogP contribution in [0.15, 0.2) is 47.7 Å². The van der Waals surface area contributed by atoms with Gasteiger partial charge in [-0.2, -0.15) is 0 Å². The summed E-state index contributed by atoms with van der Waals surface area (Å²) in [6.45, 7) is 5.59. The fraction of sp³-hybridized carbons (Fsp3) is 0.200. The van der Waals surface area contributed by atoms with E-state index < -0.39 is 12.1 Å². The molecule has 0 saturated carbocycles. The quantitative estimate of drug-likeness (QED) is 0.683. The average molecular weight is 404 g/mol. The van der Waals surface area contributed by atoms with Gasteiger partial charge >= 0.3 is 6.03 Å². The van der Waals surface area contributed by atoms with E-state index in [-0.39, 0.29) is 5.91 Å². The fourth-order valence-electron chi connectivity index (χ4n) is 3.07. The van der Waals surface area contributed by atoms with Crippen molar-refractivity contribution in [2.45, 2.75) is 26.8 Å². The SMILES string of the molecule is CC1=C(C(=O)Nc2cccc(C)c2C)C(c2c(Cl)cccc2Cl)NC(=O)N1. The number of rotatable bonds is 3. The Labute approximate surface area is 167 Å². The lowest BCUT2D eigenvalue weighted by molar-refractivity contribution is -0.113. The second kappa shape index (κ2) is 7.62. The number of aryl methyl sites for hydroxylation is 1. The smallest absolute Gasteiger partial charge is 0.319 e. The molecule has 5 nitrogen and oxygen atoms in total. The molecule has 1 aliphatic rings. The predicted octanol–water partition coefficient (Wildman–Crippen LogP) is 4.88. The van der Waals surface area contributed by atoms with Crippen LogP contribution in [0.5, 0.6) is 0 Å². The van der Waals surface area contributed by atoms with Crippen LogP contribution in [0.25, 0.3) is 0 Å². The minimum Gasteiger partial charge on any atom is -0.327 e. The maximum atomic E-state index is 13.1. The van der Waals surface area contributed by atoms with Crippen molar-refractivity contribution in [1.29, 1.82) is 0 Å². The number of nitrogens with one attached hydrogen (secondary N) is 3. The lowest BCUT2D eigenvalue weighted by atomic mass is 9.94. The van der Waals surface area contributed by atoms with Crippen LogP contribution in [-0.2, 0) is 4.79 Å². The molecule has 2 aromatic rings. The molecule has 3 N–H and O–H groups in total. The summed E-state index contributed by atoms with van der Waals surface area (Å²) in [6.07, 6.45) is 0. The van der Waals surface area contributed by atoms with Gasteiger partial charge in [0, 0.05) is 27.0 Å². The van der Waals surface area contributed by atoms with Crippen LogP contribution in [0.4, 0.5) is 10.5 Å². The minimum atomic E-state index is -0.759. The molecule has 1 unspecified atom stereocenters. The first-order valence-corrected chi connectivity index (χ1v) is 9.15. The summed E-state index contributed by atoms with van der Waals surface area (Å²) in [7, 11) is 0. The molecule has 140 valence electrons. The van der Waals surface area contributed by atoms with Crippen LogP contribution < -0.4 is 16.0 Å². The van der Waals surface area contributed by atoms with E-state index in [4.69, 9.17) is 23.2 Å². The first kappa shape index (κ1) is 19.3. The number of allylic oxidation sites excluding steroid dienone is 1. The Morgan fingerprint density at radius 3 is 2.33 bits per heavy atom. The maximum absolute atomic E-state index is 13.1. The monoisotopic (exact) mass is 403 g/mol. The highest BCUT2D eigenvalue weighted by molar-refractivity contribution is 6.36. The van der Waals surface area contributed by atoms with Gasteiger partial charge in [-0.3, -0.25) is 4.79 Å². The minimum absolute atomic E-state index is 0.338. The van der Waals surface area contributed by atoms with Crippen molar-refractivity contribution in [2.24, 2.45) is 0 Å². The molecule has 1 atom stereocenters. The van der Waals surface area contributed by atoms with Gasteiger partial charge in [-0.05, 0) is 50.1 Å². The van der Waals surface area contributed by atoms with Gasteiger partial charge in [0.15, 0.2) is 0 Å². The molecule has 0 saturated heterocycles. The molecule has 0 bridgehead atoms. The van der Waals surface area contributed by atoms with Crippen LogP contribution in [0.3, 0.4) is 0 Å². The van der Waals surface area contributed by atoms with Gasteiger partial charge in [0.1, 0.15) is 0 Å². The van der Waals surface area contributed by atoms with Crippen LogP contribution >= 0.6 is 23.2 Å². The van der Waals surface area contributed by atoms with Crippen molar-refractivity contribution in [3.63, 3.8) is 0 Å². The maximum Gasteiger partial charge on any atom is 0.319 e. The summed E-state index contributed by atoms with van der Waals surface area (Å²) >= 11 is 12.6. The molecule has 3 rings (SSSR count). The summed E-state index contributed by atoms with van der Waals surface area (Å²) < 4.78 is 0. The molecule has 1 aliphatic heterocycles. The van der Waals surface area contributed by atoms with Crippen molar-refractivity contribution in [2.75, 3.05) is 5.32 Å². The summed E-state index contributed by atoms with van der Waals surface area (Å²) in [5, 5.41) is 9.07. The third-order valence-corrected chi connectivity index (χ3v) is 5.31. The fourth-order valence-corrected chi connectivity index (χ4v) is 3.69. The Bertz CT molecular complexity index is 949. The second-order valence-electron chi connectivity index (χ2n) is 6.41. The number of benzene rings is 2. The highest BCUT2D eigenvalue weighted by Crippen LogP contribution is 2.36. The third-order valence-electron chi connectivity index (χ3n) is 4.65. The van der Waals surface area contributed by atoms with Gasteiger partial charge in [0.2, 0.25) is 0 Å². The van der Waals surface area contributed by atoms with Crippen molar-refractivity contribution >= 4 is 40.8 Å². The molecule has 1 heterocycles. The number of hydrogen-bond acceptors (Lipinski definition) is 2. The van der Waals surface area contributed by atoms with Crippen LogP contribution in [0, 0.1) is 13.8 Å². The standard InChI is InChI=1S/C20H19Cl2N3O2/c1-10-6-4-9-15(11(10)2)24-19(26)16-12(3)23-20(27)25-18(16)17-13(21)7-5-8-14(17)22/h4-9,18H,1-3H3,(H,24,26)(H2,23,25,27). The van der Waals surface area contributed by atoms with Crippen LogP contribution in [0.1, 0.15) is 29.7 Å². The van der Waals surface area contributed by atoms with Gasteiger partial charge in [-0.15, -0.1) is 0 Å². The van der Waals surface area contributed by atoms with Gasteiger partial charge in [0.25, 0.3) is 5.91 Å². The first-order chi connectivity index (χ1) is 12.8. The Morgan fingerprint density at radius 2 is 1.67 bits per heavy atom. The molecule has 7 heteroatoms. The van der Waals surface area contributed by atoms with E-state index in [0.29, 0.717) is 32.6 Å². The average Bonchev–Trinajstić information content (AvgIpc) is 2.58. The Hall–Kier alpha value is -2.50. The van der Waals surface area contributed by atoms with Crippen molar-refractivity contribution in [3.05, 3.63) is 74.4 Å². The highest BCUT2D eigenvalue weighted by Gasteiger charge is 2.33. The molecule has 0 spiro atoms. The molecule has 0 aliphatic carbocycles. The van der Waals surface area contributed by atoms with E-state index in [1.807, 2.05) is 32.0 Å². The van der Waals surface area contributed by atoms with Gasteiger partial charge in [0.05, 0.1) is 11.6 Å². The third kappa shape index (κ3) is 3.80. The predicted molar refractivity (Wildman–Crippen MR) is 108 cm³/mol. The van der Waals surface area contributed by atoms with E-state index >= 15 is 0 Å². The lowest BCUT2D eigenvalue weighted by Gasteiger charge is -2.30. The second-order valence-corrected chi connectivity index (χ2v) is 7.22. The van der Waals surface area contributed by atoms with Gasteiger partial charge in [-0.25, -0.2) is 4.79 Å². The zero-order chi connectivity index (χ0) is 19.7. The largest absolute Gasteiger partial charge is 0.327 e. The van der Waals surface area contributed by atoms with Crippen molar-refractivity contribution in [3.8, 4) is 0 Å². The van der Waals surface area contributed by atoms with Gasteiger partial charge < -0.3 is 16.0 Å². The first-order valence-electron chi connectivity index (χ1n) is 8.39. The molecule has 27 heavy (non-hydrogen) atoms. The number of hydrogen-bond donors (Lipinski definition) is 3. The number of anilines is 1. The summed E-state index contributed by atoms with van der Waals surface area (Å²) in [5.74, 6) is -0.338. The highest BCUT2D eigenvalue weighted by atomic mass is 35.5. The Kier molecular flexibility index (Phi) is 5.44. The van der Waals surface area contributed by atoms with E-state index in [0.717, 1.165) is 11.1 Å².